The van der Waals surface area contributed by atoms with Crippen LogP contribution in [0.1, 0.15) is 18.1 Å². The van der Waals surface area contributed by atoms with Gasteiger partial charge < -0.3 is 24.3 Å². The van der Waals surface area contributed by atoms with Gasteiger partial charge in [0.1, 0.15) is 6.61 Å². The zero-order valence-corrected chi connectivity index (χ0v) is 22.2. The van der Waals surface area contributed by atoms with E-state index >= 15 is 0 Å². The molecule has 0 spiro atoms. The van der Waals surface area contributed by atoms with Gasteiger partial charge in [-0.1, -0.05) is 29.3 Å². The number of hydrogen-bond acceptors (Lipinski definition) is 7. The SMILES string of the molecule is CCOc1cc(C=NNC(=O)CNc2ccc3c(c2)OCO3)cc(Br)c1OCc1ccc(Cl)cc1Cl. The van der Waals surface area contributed by atoms with Crippen molar-refractivity contribution in [3.05, 3.63) is 74.2 Å². The number of ether oxygens (including phenoxy) is 4. The number of nitrogens with one attached hydrogen (secondary N) is 2. The minimum absolute atomic E-state index is 0.0326. The van der Waals surface area contributed by atoms with Crippen LogP contribution in [0.15, 0.2) is 58.1 Å². The number of anilines is 1. The molecule has 0 unspecified atom stereocenters. The van der Waals surface area contributed by atoms with E-state index in [-0.39, 0.29) is 25.9 Å². The first kappa shape index (κ1) is 25.9. The van der Waals surface area contributed by atoms with Crippen molar-refractivity contribution < 1.29 is 23.7 Å². The predicted octanol–water partition coefficient (Wildman–Crippen LogP) is 6.02. The highest BCUT2D eigenvalue weighted by molar-refractivity contribution is 9.10. The minimum Gasteiger partial charge on any atom is -0.490 e. The van der Waals surface area contributed by atoms with Crippen LogP contribution >= 0.6 is 39.1 Å². The van der Waals surface area contributed by atoms with Crippen LogP contribution in [-0.2, 0) is 11.4 Å². The van der Waals surface area contributed by atoms with Crippen LogP contribution in [0.3, 0.4) is 0 Å². The number of benzene rings is 3. The number of carbonyl (C=O) groups excluding carboxylic acids is 1. The molecule has 3 aromatic rings. The zero-order valence-electron chi connectivity index (χ0n) is 19.1. The van der Waals surface area contributed by atoms with Crippen LogP contribution in [0.2, 0.25) is 10.0 Å². The van der Waals surface area contributed by atoms with Crippen LogP contribution in [0, 0.1) is 0 Å². The normalized spacial score (nSPS) is 12.0. The van der Waals surface area contributed by atoms with Gasteiger partial charge in [0.25, 0.3) is 5.91 Å². The van der Waals surface area contributed by atoms with Gasteiger partial charge in [-0.25, -0.2) is 5.43 Å². The summed E-state index contributed by atoms with van der Waals surface area (Å²) in [6.07, 6.45) is 1.52. The van der Waals surface area contributed by atoms with E-state index in [1.165, 1.54) is 6.21 Å². The Balaban J connectivity index is 1.35. The fourth-order valence-electron chi connectivity index (χ4n) is 3.26. The topological polar surface area (TPSA) is 90.4 Å². The molecule has 0 saturated carbocycles. The molecule has 0 fully saturated rings. The number of amides is 1. The van der Waals surface area contributed by atoms with Crippen LogP contribution < -0.4 is 29.7 Å². The second-order valence-electron chi connectivity index (χ2n) is 7.50. The van der Waals surface area contributed by atoms with E-state index in [9.17, 15) is 4.79 Å². The molecule has 0 radical (unpaired) electrons. The fourth-order valence-corrected chi connectivity index (χ4v) is 4.30. The maximum absolute atomic E-state index is 12.2. The summed E-state index contributed by atoms with van der Waals surface area (Å²) in [6, 6.07) is 14.2. The van der Waals surface area contributed by atoms with Crippen LogP contribution in [0.4, 0.5) is 5.69 Å². The quantitative estimate of drug-likeness (QED) is 0.220. The van der Waals surface area contributed by atoms with E-state index in [0.717, 1.165) is 11.3 Å². The van der Waals surface area contributed by atoms with Crippen molar-refractivity contribution in [2.45, 2.75) is 13.5 Å². The van der Waals surface area contributed by atoms with Crippen molar-refractivity contribution in [2.24, 2.45) is 5.10 Å². The molecule has 0 aliphatic carbocycles. The number of nitrogens with zero attached hydrogens (tertiary/aromatic N) is 1. The molecule has 1 aliphatic rings. The summed E-state index contributed by atoms with van der Waals surface area (Å²) in [5.74, 6) is 2.05. The van der Waals surface area contributed by atoms with Crippen molar-refractivity contribution in [3.8, 4) is 23.0 Å². The van der Waals surface area contributed by atoms with E-state index < -0.39 is 0 Å². The van der Waals surface area contributed by atoms with Crippen LogP contribution in [0.25, 0.3) is 0 Å². The van der Waals surface area contributed by atoms with E-state index in [0.29, 0.717) is 49.7 Å². The van der Waals surface area contributed by atoms with Gasteiger partial charge in [0, 0.05) is 27.4 Å². The molecule has 2 N–H and O–H groups in total. The van der Waals surface area contributed by atoms with Gasteiger partial charge in [0.2, 0.25) is 6.79 Å². The Morgan fingerprint density at radius 2 is 1.94 bits per heavy atom. The number of hydrogen-bond donors (Lipinski definition) is 2. The van der Waals surface area contributed by atoms with Gasteiger partial charge in [0.15, 0.2) is 23.0 Å². The Morgan fingerprint density at radius 1 is 1.11 bits per heavy atom. The minimum atomic E-state index is -0.312. The van der Waals surface area contributed by atoms with Crippen molar-refractivity contribution >= 4 is 56.9 Å². The highest BCUT2D eigenvalue weighted by Gasteiger charge is 2.15. The Morgan fingerprint density at radius 3 is 2.75 bits per heavy atom. The summed E-state index contributed by atoms with van der Waals surface area (Å²) in [4.78, 5) is 12.2. The molecule has 188 valence electrons. The lowest BCUT2D eigenvalue weighted by molar-refractivity contribution is -0.119. The molecular formula is C25H22BrCl2N3O5. The Hall–Kier alpha value is -3.14. The highest BCUT2D eigenvalue weighted by atomic mass is 79.9. The Bertz CT molecular complexity index is 1290. The number of carbonyl (C=O) groups is 1. The van der Waals surface area contributed by atoms with Crippen LogP contribution in [-0.4, -0.2) is 32.1 Å². The monoisotopic (exact) mass is 593 g/mol. The van der Waals surface area contributed by atoms with Crippen molar-refractivity contribution in [2.75, 3.05) is 25.3 Å². The highest BCUT2D eigenvalue weighted by Crippen LogP contribution is 2.38. The van der Waals surface area contributed by atoms with E-state index in [4.69, 9.17) is 42.1 Å². The molecule has 4 rings (SSSR count). The molecule has 3 aromatic carbocycles. The summed E-state index contributed by atoms with van der Waals surface area (Å²) in [7, 11) is 0. The Kier molecular flexibility index (Phi) is 8.79. The molecular weight excluding hydrogens is 573 g/mol. The first-order chi connectivity index (χ1) is 17.4. The molecule has 0 saturated heterocycles. The molecule has 0 atom stereocenters. The standard InChI is InChI=1S/C25H22BrCl2N3O5/c1-2-33-23-8-15(7-19(26)25(23)34-13-16-3-4-17(27)9-20(16)28)11-30-31-24(32)12-29-18-5-6-21-22(10-18)36-14-35-21/h3-11,29H,2,12-14H2,1H3,(H,31,32). The second kappa shape index (κ2) is 12.2. The summed E-state index contributed by atoms with van der Waals surface area (Å²) in [6.45, 7) is 2.77. The van der Waals surface area contributed by atoms with E-state index in [1.807, 2.05) is 19.1 Å². The van der Waals surface area contributed by atoms with Gasteiger partial charge in [-0.3, -0.25) is 4.79 Å². The number of halogens is 3. The third-order valence-electron chi connectivity index (χ3n) is 4.95. The molecule has 11 heteroatoms. The molecule has 1 heterocycles. The summed E-state index contributed by atoms with van der Waals surface area (Å²) in [5.41, 5.74) is 4.72. The second-order valence-corrected chi connectivity index (χ2v) is 9.20. The molecule has 1 aliphatic heterocycles. The van der Waals surface area contributed by atoms with Crippen molar-refractivity contribution in [1.29, 1.82) is 0 Å². The largest absolute Gasteiger partial charge is 0.490 e. The van der Waals surface area contributed by atoms with Crippen molar-refractivity contribution in [1.82, 2.24) is 5.43 Å². The average molecular weight is 595 g/mol. The maximum atomic E-state index is 12.2. The zero-order chi connectivity index (χ0) is 25.5. The fraction of sp³-hybridized carbons (Fsp3) is 0.200. The first-order valence-corrected chi connectivity index (χ1v) is 12.5. The molecule has 0 bridgehead atoms. The summed E-state index contributed by atoms with van der Waals surface area (Å²) < 4.78 is 23.0. The lowest BCUT2D eigenvalue weighted by atomic mass is 10.2. The van der Waals surface area contributed by atoms with E-state index in [1.54, 1.807) is 36.4 Å². The molecule has 1 amide bonds. The third-order valence-corrected chi connectivity index (χ3v) is 6.12. The smallest absolute Gasteiger partial charge is 0.259 e. The average Bonchev–Trinajstić information content (AvgIpc) is 3.31. The first-order valence-electron chi connectivity index (χ1n) is 10.9. The predicted molar refractivity (Wildman–Crippen MR) is 143 cm³/mol. The summed E-state index contributed by atoms with van der Waals surface area (Å²) in [5, 5.41) is 8.13. The lowest BCUT2D eigenvalue weighted by Crippen LogP contribution is -2.25. The molecule has 8 nitrogen and oxygen atoms in total. The van der Waals surface area contributed by atoms with Crippen molar-refractivity contribution in [3.63, 3.8) is 0 Å². The van der Waals surface area contributed by atoms with Gasteiger partial charge in [-0.2, -0.15) is 5.10 Å². The third kappa shape index (κ3) is 6.75. The van der Waals surface area contributed by atoms with Gasteiger partial charge in [-0.05, 0) is 64.8 Å². The number of hydrazone groups is 1. The van der Waals surface area contributed by atoms with Gasteiger partial charge >= 0.3 is 0 Å². The number of rotatable bonds is 10. The maximum Gasteiger partial charge on any atom is 0.259 e. The van der Waals surface area contributed by atoms with Crippen LogP contribution in [0.5, 0.6) is 23.0 Å². The van der Waals surface area contributed by atoms with Gasteiger partial charge in [0.05, 0.1) is 23.8 Å². The summed E-state index contributed by atoms with van der Waals surface area (Å²) >= 11 is 15.7. The van der Waals surface area contributed by atoms with E-state index in [2.05, 4.69) is 31.8 Å². The van der Waals surface area contributed by atoms with Gasteiger partial charge in [-0.15, -0.1) is 0 Å². The number of fused-ring (bicyclic) bond motifs is 1. The lowest BCUT2D eigenvalue weighted by Gasteiger charge is -2.15. The molecule has 0 aromatic heterocycles. The molecule has 36 heavy (non-hydrogen) atoms. The Labute approximate surface area is 226 Å².